The van der Waals surface area contributed by atoms with Crippen molar-refractivity contribution in [2.24, 2.45) is 0 Å². The van der Waals surface area contributed by atoms with E-state index in [9.17, 15) is 0 Å². The maximum atomic E-state index is 2.47. The van der Waals surface area contributed by atoms with Gasteiger partial charge in [0.05, 0.1) is 0 Å². The third kappa shape index (κ3) is 4.46. The van der Waals surface area contributed by atoms with Crippen molar-refractivity contribution in [2.45, 2.75) is 78.6 Å². The second-order valence-corrected chi connectivity index (χ2v) is 11.4. The van der Waals surface area contributed by atoms with Gasteiger partial charge in [0.25, 0.3) is 0 Å². The van der Waals surface area contributed by atoms with Gasteiger partial charge in [-0.1, -0.05) is 127 Å². The molecule has 0 bridgehead atoms. The van der Waals surface area contributed by atoms with E-state index in [4.69, 9.17) is 0 Å². The molecule has 0 saturated heterocycles. The standard InChI is InChI=1S/C32H38/c1-8-9-22-20-29-27(23-10-14-25(15-11-23)31(2,3)4)18-19-28(30(29)21-22)24-12-16-26(17-13-24)32(5,6)7/h10-20H,8-9,21H2,1-7H3. The first-order valence-corrected chi connectivity index (χ1v) is 12.1. The highest BCUT2D eigenvalue weighted by atomic mass is 14.3. The fourth-order valence-corrected chi connectivity index (χ4v) is 4.81. The fraction of sp³-hybridized carbons (Fsp3) is 0.375. The molecule has 0 aromatic heterocycles. The fourth-order valence-electron chi connectivity index (χ4n) is 4.81. The maximum absolute atomic E-state index is 2.47. The Kier molecular flexibility index (Phi) is 5.93. The quantitative estimate of drug-likeness (QED) is 0.393. The molecule has 0 amide bonds. The summed E-state index contributed by atoms with van der Waals surface area (Å²) in [6.45, 7) is 15.9. The van der Waals surface area contributed by atoms with Gasteiger partial charge in [-0.15, -0.1) is 0 Å². The lowest BCUT2D eigenvalue weighted by Gasteiger charge is -2.20. The lowest BCUT2D eigenvalue weighted by Crippen LogP contribution is -2.10. The predicted molar refractivity (Wildman–Crippen MR) is 141 cm³/mol. The molecule has 4 rings (SSSR count). The summed E-state index contributed by atoms with van der Waals surface area (Å²) >= 11 is 0. The van der Waals surface area contributed by atoms with Crippen LogP contribution in [-0.2, 0) is 17.3 Å². The third-order valence-corrected chi connectivity index (χ3v) is 6.80. The number of hydrogen-bond donors (Lipinski definition) is 0. The van der Waals surface area contributed by atoms with Crippen LogP contribution in [0.3, 0.4) is 0 Å². The minimum Gasteiger partial charge on any atom is -0.0652 e. The van der Waals surface area contributed by atoms with Gasteiger partial charge in [-0.2, -0.15) is 0 Å². The first-order chi connectivity index (χ1) is 15.1. The van der Waals surface area contributed by atoms with Gasteiger partial charge in [0.1, 0.15) is 0 Å². The molecule has 3 aromatic rings. The first-order valence-electron chi connectivity index (χ1n) is 12.1. The lowest BCUT2D eigenvalue weighted by molar-refractivity contribution is 0.590. The van der Waals surface area contributed by atoms with Crippen LogP contribution in [0.1, 0.15) is 83.6 Å². The van der Waals surface area contributed by atoms with Crippen molar-refractivity contribution in [1.29, 1.82) is 0 Å². The number of allylic oxidation sites excluding steroid dienone is 1. The lowest BCUT2D eigenvalue weighted by atomic mass is 9.84. The molecule has 3 aromatic carbocycles. The van der Waals surface area contributed by atoms with Gasteiger partial charge in [0.2, 0.25) is 0 Å². The Balaban J connectivity index is 1.78. The summed E-state index contributed by atoms with van der Waals surface area (Å²) in [5.41, 5.74) is 13.0. The van der Waals surface area contributed by atoms with Gasteiger partial charge in [-0.05, 0) is 68.2 Å². The zero-order valence-corrected chi connectivity index (χ0v) is 21.0. The molecule has 0 nitrogen and oxygen atoms in total. The minimum atomic E-state index is 0.178. The predicted octanol–water partition coefficient (Wildman–Crippen LogP) is 9.36. The second kappa shape index (κ2) is 8.39. The van der Waals surface area contributed by atoms with Crippen LogP contribution in [0.25, 0.3) is 28.3 Å². The molecule has 0 radical (unpaired) electrons. The summed E-state index contributed by atoms with van der Waals surface area (Å²) in [5, 5.41) is 0. The summed E-state index contributed by atoms with van der Waals surface area (Å²) in [5.74, 6) is 0. The molecule has 1 aliphatic carbocycles. The van der Waals surface area contributed by atoms with E-state index in [0.29, 0.717) is 0 Å². The summed E-state index contributed by atoms with van der Waals surface area (Å²) in [6, 6.07) is 23.1. The summed E-state index contributed by atoms with van der Waals surface area (Å²) in [4.78, 5) is 0. The van der Waals surface area contributed by atoms with E-state index in [-0.39, 0.29) is 10.8 Å². The van der Waals surface area contributed by atoms with E-state index in [1.807, 2.05) is 0 Å². The van der Waals surface area contributed by atoms with Crippen LogP contribution in [0.15, 0.2) is 66.2 Å². The summed E-state index contributed by atoms with van der Waals surface area (Å²) in [6.07, 6.45) is 5.93. The molecule has 0 fully saturated rings. The molecule has 0 saturated carbocycles. The average Bonchev–Trinajstić information content (AvgIpc) is 3.16. The van der Waals surface area contributed by atoms with Gasteiger partial charge in [-0.25, -0.2) is 0 Å². The van der Waals surface area contributed by atoms with E-state index in [1.54, 1.807) is 5.57 Å². The molecule has 0 heteroatoms. The van der Waals surface area contributed by atoms with E-state index >= 15 is 0 Å². The smallest absolute Gasteiger partial charge is 0.00514 e. The monoisotopic (exact) mass is 422 g/mol. The Bertz CT molecular complexity index is 1120. The SMILES string of the molecule is CCCC1=Cc2c(-c3ccc(C(C)(C)C)cc3)ccc(-c3ccc(C(C)(C)C)cc3)c2C1. The molecular formula is C32H38. The maximum Gasteiger partial charge on any atom is -0.00514 e. The third-order valence-electron chi connectivity index (χ3n) is 6.80. The van der Waals surface area contributed by atoms with E-state index in [0.717, 1.165) is 6.42 Å². The van der Waals surface area contributed by atoms with Crippen molar-refractivity contribution >= 4 is 6.08 Å². The number of rotatable bonds is 4. The van der Waals surface area contributed by atoms with E-state index in [1.165, 1.54) is 57.3 Å². The highest BCUT2D eigenvalue weighted by Gasteiger charge is 2.22. The van der Waals surface area contributed by atoms with Crippen LogP contribution in [0.2, 0.25) is 0 Å². The summed E-state index contributed by atoms with van der Waals surface area (Å²) < 4.78 is 0. The van der Waals surface area contributed by atoms with Crippen molar-refractivity contribution in [3.8, 4) is 22.3 Å². The van der Waals surface area contributed by atoms with E-state index < -0.39 is 0 Å². The highest BCUT2D eigenvalue weighted by Crippen LogP contribution is 2.41. The largest absolute Gasteiger partial charge is 0.0652 e. The normalized spacial score (nSPS) is 13.8. The Morgan fingerprint density at radius 2 is 1.09 bits per heavy atom. The molecule has 0 atom stereocenters. The van der Waals surface area contributed by atoms with Crippen LogP contribution >= 0.6 is 0 Å². The molecule has 32 heavy (non-hydrogen) atoms. The zero-order chi connectivity index (χ0) is 23.1. The number of benzene rings is 3. The molecular weight excluding hydrogens is 384 g/mol. The molecule has 1 aliphatic rings. The second-order valence-electron chi connectivity index (χ2n) is 11.4. The Labute approximate surface area is 195 Å². The highest BCUT2D eigenvalue weighted by molar-refractivity contribution is 5.87. The van der Waals surface area contributed by atoms with Crippen molar-refractivity contribution in [3.63, 3.8) is 0 Å². The zero-order valence-electron chi connectivity index (χ0n) is 21.0. The van der Waals surface area contributed by atoms with Gasteiger partial charge in [-0.3, -0.25) is 0 Å². The Hall–Kier alpha value is -2.60. The van der Waals surface area contributed by atoms with Gasteiger partial charge < -0.3 is 0 Å². The molecule has 0 N–H and O–H groups in total. The van der Waals surface area contributed by atoms with Crippen molar-refractivity contribution in [2.75, 3.05) is 0 Å². The van der Waals surface area contributed by atoms with Crippen molar-refractivity contribution in [3.05, 3.63) is 88.5 Å². The van der Waals surface area contributed by atoms with Gasteiger partial charge in [0, 0.05) is 0 Å². The van der Waals surface area contributed by atoms with Crippen LogP contribution in [0, 0.1) is 0 Å². The van der Waals surface area contributed by atoms with Crippen LogP contribution in [0.4, 0.5) is 0 Å². The topological polar surface area (TPSA) is 0 Å². The average molecular weight is 423 g/mol. The minimum absolute atomic E-state index is 0.178. The van der Waals surface area contributed by atoms with Crippen LogP contribution in [0.5, 0.6) is 0 Å². The Morgan fingerprint density at radius 1 is 0.625 bits per heavy atom. The Morgan fingerprint density at radius 3 is 1.56 bits per heavy atom. The molecule has 0 aliphatic heterocycles. The van der Waals surface area contributed by atoms with Crippen molar-refractivity contribution < 1.29 is 0 Å². The number of fused-ring (bicyclic) bond motifs is 1. The first kappa shape index (κ1) is 22.6. The van der Waals surface area contributed by atoms with Crippen LogP contribution in [-0.4, -0.2) is 0 Å². The summed E-state index contributed by atoms with van der Waals surface area (Å²) in [7, 11) is 0. The molecule has 0 heterocycles. The molecule has 0 unspecified atom stereocenters. The van der Waals surface area contributed by atoms with Gasteiger partial charge in [0.15, 0.2) is 0 Å². The van der Waals surface area contributed by atoms with Crippen molar-refractivity contribution in [1.82, 2.24) is 0 Å². The van der Waals surface area contributed by atoms with E-state index in [2.05, 4.69) is 115 Å². The molecule has 0 spiro atoms. The number of hydrogen-bond acceptors (Lipinski definition) is 0. The van der Waals surface area contributed by atoms with Crippen LogP contribution < -0.4 is 0 Å². The molecule has 166 valence electrons. The van der Waals surface area contributed by atoms with Gasteiger partial charge >= 0.3 is 0 Å².